The topological polar surface area (TPSA) is 84.9 Å². The molecular weight excluding hydrogens is 310 g/mol. The molecule has 3 rings (SSSR count). The second kappa shape index (κ2) is 6.72. The van der Waals surface area contributed by atoms with Crippen molar-refractivity contribution in [3.05, 3.63) is 59.7 Å². The molecule has 0 fully saturated rings. The summed E-state index contributed by atoms with van der Waals surface area (Å²) < 4.78 is 5.20. The summed E-state index contributed by atoms with van der Waals surface area (Å²) in [5, 5.41) is 8.70. The van der Waals surface area contributed by atoms with Crippen molar-refractivity contribution in [1.82, 2.24) is 5.48 Å². The zero-order valence-corrected chi connectivity index (χ0v) is 13.1. The standard InChI is InChI=1S/C18H17NO5/c1-11(17(20)21)24-19-18(22)23-10-16-14-8-4-2-6-12(14)13-7-3-5-9-15(13)16/h2-9,11,16H,10H2,1H3,(H,19,22)(H,20,21). The lowest BCUT2D eigenvalue weighted by atomic mass is 9.98. The van der Waals surface area contributed by atoms with E-state index in [9.17, 15) is 9.59 Å². The van der Waals surface area contributed by atoms with Gasteiger partial charge < -0.3 is 9.84 Å². The van der Waals surface area contributed by atoms with Gasteiger partial charge in [0, 0.05) is 5.92 Å². The number of nitrogens with one attached hydrogen (secondary N) is 1. The van der Waals surface area contributed by atoms with E-state index in [1.165, 1.54) is 6.92 Å². The van der Waals surface area contributed by atoms with Gasteiger partial charge in [-0.3, -0.25) is 4.84 Å². The van der Waals surface area contributed by atoms with E-state index in [2.05, 4.69) is 0 Å². The van der Waals surface area contributed by atoms with Crippen molar-refractivity contribution in [2.75, 3.05) is 6.61 Å². The summed E-state index contributed by atoms with van der Waals surface area (Å²) in [6, 6.07) is 16.0. The molecular formula is C18H17NO5. The number of carboxylic acid groups (broad SMARTS) is 1. The van der Waals surface area contributed by atoms with Gasteiger partial charge in [-0.05, 0) is 29.2 Å². The van der Waals surface area contributed by atoms with Crippen molar-refractivity contribution < 1.29 is 24.3 Å². The number of hydrogen-bond acceptors (Lipinski definition) is 4. The molecule has 24 heavy (non-hydrogen) atoms. The first-order valence-corrected chi connectivity index (χ1v) is 7.57. The lowest BCUT2D eigenvalue weighted by Crippen LogP contribution is -2.33. The van der Waals surface area contributed by atoms with Gasteiger partial charge in [-0.25, -0.2) is 9.59 Å². The average Bonchev–Trinajstić information content (AvgIpc) is 2.92. The largest absolute Gasteiger partial charge is 0.479 e. The van der Waals surface area contributed by atoms with E-state index in [0.717, 1.165) is 22.3 Å². The number of aliphatic carboxylic acids is 1. The van der Waals surface area contributed by atoms with Gasteiger partial charge in [0.2, 0.25) is 0 Å². The summed E-state index contributed by atoms with van der Waals surface area (Å²) in [5.74, 6) is -1.23. The Labute approximate surface area is 139 Å². The third kappa shape index (κ3) is 3.09. The first-order chi connectivity index (χ1) is 11.6. The summed E-state index contributed by atoms with van der Waals surface area (Å²) in [4.78, 5) is 27.0. The SMILES string of the molecule is CC(ONC(=O)OCC1c2ccccc2-c2ccccc21)C(=O)O. The molecule has 1 aliphatic carbocycles. The summed E-state index contributed by atoms with van der Waals surface area (Å²) in [6.07, 6.45) is -1.96. The molecule has 6 nitrogen and oxygen atoms in total. The van der Waals surface area contributed by atoms with Crippen molar-refractivity contribution in [3.8, 4) is 11.1 Å². The van der Waals surface area contributed by atoms with Crippen molar-refractivity contribution >= 4 is 12.1 Å². The molecule has 0 aliphatic heterocycles. The van der Waals surface area contributed by atoms with Crippen LogP contribution in [0.5, 0.6) is 0 Å². The summed E-state index contributed by atoms with van der Waals surface area (Å²) >= 11 is 0. The smallest absolute Gasteiger partial charge is 0.431 e. The Balaban J connectivity index is 1.67. The van der Waals surface area contributed by atoms with Crippen LogP contribution in [-0.4, -0.2) is 29.9 Å². The predicted octanol–water partition coefficient (Wildman–Crippen LogP) is 2.93. The zero-order chi connectivity index (χ0) is 17.1. The number of carbonyl (C=O) groups is 2. The van der Waals surface area contributed by atoms with E-state index in [0.29, 0.717) is 0 Å². The molecule has 0 aromatic heterocycles. The minimum absolute atomic E-state index is 0.0555. The fraction of sp³-hybridized carbons (Fsp3) is 0.222. The molecule has 0 heterocycles. The van der Waals surface area contributed by atoms with Crippen LogP contribution < -0.4 is 5.48 Å². The second-order valence-electron chi connectivity index (χ2n) is 5.53. The van der Waals surface area contributed by atoms with Crippen molar-refractivity contribution in [1.29, 1.82) is 0 Å². The third-order valence-electron chi connectivity index (χ3n) is 4.01. The van der Waals surface area contributed by atoms with Gasteiger partial charge in [0.05, 0.1) is 0 Å². The molecule has 1 atom stereocenters. The molecule has 2 aromatic rings. The lowest BCUT2D eigenvalue weighted by molar-refractivity contribution is -0.152. The first kappa shape index (κ1) is 16.0. The minimum Gasteiger partial charge on any atom is -0.479 e. The Morgan fingerprint density at radius 3 is 2.17 bits per heavy atom. The van der Waals surface area contributed by atoms with Gasteiger partial charge >= 0.3 is 12.1 Å². The van der Waals surface area contributed by atoms with Gasteiger partial charge in [-0.15, -0.1) is 0 Å². The molecule has 1 amide bonds. The quantitative estimate of drug-likeness (QED) is 0.825. The number of hydroxylamine groups is 1. The van der Waals surface area contributed by atoms with Gasteiger partial charge in [0.15, 0.2) is 6.10 Å². The number of rotatable bonds is 5. The monoisotopic (exact) mass is 327 g/mol. The van der Waals surface area contributed by atoms with Crippen molar-refractivity contribution in [2.45, 2.75) is 18.9 Å². The predicted molar refractivity (Wildman–Crippen MR) is 86.4 cm³/mol. The number of benzene rings is 2. The molecule has 0 bridgehead atoms. The fourth-order valence-electron chi connectivity index (χ4n) is 2.81. The molecule has 124 valence electrons. The Hall–Kier alpha value is -2.86. The Morgan fingerprint density at radius 2 is 1.62 bits per heavy atom. The molecule has 1 unspecified atom stereocenters. The van der Waals surface area contributed by atoms with Crippen molar-refractivity contribution in [2.24, 2.45) is 0 Å². The van der Waals surface area contributed by atoms with Crippen LogP contribution in [0, 0.1) is 0 Å². The van der Waals surface area contributed by atoms with E-state index in [4.69, 9.17) is 14.7 Å². The highest BCUT2D eigenvalue weighted by Crippen LogP contribution is 2.44. The maximum atomic E-state index is 11.7. The van der Waals surface area contributed by atoms with Crippen LogP contribution in [0.1, 0.15) is 24.0 Å². The van der Waals surface area contributed by atoms with E-state index < -0.39 is 18.2 Å². The van der Waals surface area contributed by atoms with Crippen LogP contribution in [-0.2, 0) is 14.4 Å². The van der Waals surface area contributed by atoms with E-state index in [-0.39, 0.29) is 12.5 Å². The summed E-state index contributed by atoms with van der Waals surface area (Å²) in [7, 11) is 0. The second-order valence-corrected chi connectivity index (χ2v) is 5.53. The van der Waals surface area contributed by atoms with Crippen LogP contribution in [0.2, 0.25) is 0 Å². The van der Waals surface area contributed by atoms with Crippen LogP contribution in [0.4, 0.5) is 4.79 Å². The molecule has 0 spiro atoms. The molecule has 0 radical (unpaired) electrons. The van der Waals surface area contributed by atoms with E-state index in [1.54, 1.807) is 0 Å². The molecule has 0 saturated carbocycles. The van der Waals surface area contributed by atoms with Gasteiger partial charge in [0.1, 0.15) is 6.61 Å². The first-order valence-electron chi connectivity index (χ1n) is 7.57. The summed E-state index contributed by atoms with van der Waals surface area (Å²) in [5.41, 5.74) is 6.47. The van der Waals surface area contributed by atoms with Gasteiger partial charge in [-0.1, -0.05) is 48.5 Å². The Kier molecular flexibility index (Phi) is 4.48. The van der Waals surface area contributed by atoms with Crippen molar-refractivity contribution in [3.63, 3.8) is 0 Å². The minimum atomic E-state index is -1.17. The molecule has 1 aliphatic rings. The van der Waals surface area contributed by atoms with Crippen LogP contribution in [0.15, 0.2) is 48.5 Å². The highest BCUT2D eigenvalue weighted by atomic mass is 16.7. The Bertz CT molecular complexity index is 728. The maximum Gasteiger partial charge on any atom is 0.431 e. The number of carboxylic acids is 1. The van der Waals surface area contributed by atoms with Crippen LogP contribution in [0.25, 0.3) is 11.1 Å². The molecule has 0 saturated heterocycles. The summed E-state index contributed by atoms with van der Waals surface area (Å²) in [6.45, 7) is 1.46. The highest BCUT2D eigenvalue weighted by Gasteiger charge is 2.29. The number of ether oxygens (including phenoxy) is 1. The molecule has 2 N–H and O–H groups in total. The third-order valence-corrected chi connectivity index (χ3v) is 4.01. The number of fused-ring (bicyclic) bond motifs is 3. The van der Waals surface area contributed by atoms with Crippen LogP contribution in [0.3, 0.4) is 0 Å². The number of hydrogen-bond donors (Lipinski definition) is 2. The highest BCUT2D eigenvalue weighted by molar-refractivity contribution is 5.79. The van der Waals surface area contributed by atoms with Gasteiger partial charge in [-0.2, -0.15) is 5.48 Å². The maximum absolute atomic E-state index is 11.7. The number of amides is 1. The van der Waals surface area contributed by atoms with Crippen LogP contribution >= 0.6 is 0 Å². The normalized spacial score (nSPS) is 13.7. The zero-order valence-electron chi connectivity index (χ0n) is 13.1. The molecule has 6 heteroatoms. The molecule has 2 aromatic carbocycles. The fourth-order valence-corrected chi connectivity index (χ4v) is 2.81. The van der Waals surface area contributed by atoms with E-state index >= 15 is 0 Å². The number of carbonyl (C=O) groups excluding carboxylic acids is 1. The average molecular weight is 327 g/mol. The lowest BCUT2D eigenvalue weighted by Gasteiger charge is -2.15. The van der Waals surface area contributed by atoms with E-state index in [1.807, 2.05) is 54.0 Å². The Morgan fingerprint density at radius 1 is 1.08 bits per heavy atom. The van der Waals surface area contributed by atoms with Gasteiger partial charge in [0.25, 0.3) is 0 Å².